The van der Waals surface area contributed by atoms with Gasteiger partial charge in [0.25, 0.3) is 0 Å². The largest absolute Gasteiger partial charge is 0.437 e. The van der Waals surface area contributed by atoms with Crippen molar-refractivity contribution in [1.82, 2.24) is 14.3 Å². The van der Waals surface area contributed by atoms with Crippen LogP contribution in [0.1, 0.15) is 21.7 Å². The second-order valence-electron chi connectivity index (χ2n) is 5.94. The number of carbonyl (C=O) groups is 1. The summed E-state index contributed by atoms with van der Waals surface area (Å²) in [6, 6.07) is 7.18. The Hall–Kier alpha value is -3.22. The maximum atomic E-state index is 13.0. The first kappa shape index (κ1) is 17.6. The zero-order chi connectivity index (χ0) is 18.8. The molecular formula is C19H18FN3O3. The maximum absolute atomic E-state index is 13.0. The van der Waals surface area contributed by atoms with Crippen molar-refractivity contribution in [3.05, 3.63) is 76.3 Å². The second kappa shape index (κ2) is 6.95. The molecule has 0 aliphatic heterocycles. The molecule has 26 heavy (non-hydrogen) atoms. The lowest BCUT2D eigenvalue weighted by Crippen LogP contribution is -2.22. The number of ketones is 1. The predicted molar refractivity (Wildman–Crippen MR) is 94.6 cm³/mol. The number of nitrogens with zero attached hydrogens (tertiary/aromatic N) is 3. The first-order chi connectivity index (χ1) is 12.4. The molecule has 3 rings (SSSR count). The Labute approximate surface area is 149 Å². The summed E-state index contributed by atoms with van der Waals surface area (Å²) in [5, 5.41) is 4.04. The van der Waals surface area contributed by atoms with Gasteiger partial charge in [0.1, 0.15) is 12.4 Å². The smallest absolute Gasteiger partial charge is 0.388 e. The summed E-state index contributed by atoms with van der Waals surface area (Å²) in [4.78, 5) is 24.6. The molecule has 0 radical (unpaired) electrons. The fraction of sp³-hybridized carbons (Fsp3) is 0.211. The van der Waals surface area contributed by atoms with E-state index < -0.39 is 11.6 Å². The zero-order valence-corrected chi connectivity index (χ0v) is 14.5. The normalized spacial score (nSPS) is 10.9. The maximum Gasteiger partial charge on any atom is 0.437 e. The number of allylic oxidation sites excluding steroid dienone is 1. The molecule has 0 atom stereocenters. The lowest BCUT2D eigenvalue weighted by atomic mass is 10.1. The molecule has 0 saturated carbocycles. The Morgan fingerprint density at radius 1 is 1.31 bits per heavy atom. The lowest BCUT2D eigenvalue weighted by Gasteiger charge is -2.06. The van der Waals surface area contributed by atoms with Crippen LogP contribution >= 0.6 is 0 Å². The van der Waals surface area contributed by atoms with Crippen LogP contribution in [0, 0.1) is 19.7 Å². The van der Waals surface area contributed by atoms with Gasteiger partial charge in [-0.05, 0) is 44.2 Å². The molecule has 1 aromatic carbocycles. The van der Waals surface area contributed by atoms with Crippen LogP contribution in [0.5, 0.6) is 0 Å². The van der Waals surface area contributed by atoms with Crippen molar-refractivity contribution < 1.29 is 13.6 Å². The van der Waals surface area contributed by atoms with E-state index in [1.165, 1.54) is 24.3 Å². The van der Waals surface area contributed by atoms with Gasteiger partial charge in [0.15, 0.2) is 5.78 Å². The van der Waals surface area contributed by atoms with Crippen LogP contribution in [0.2, 0.25) is 0 Å². The van der Waals surface area contributed by atoms with E-state index in [0.29, 0.717) is 17.7 Å². The number of aromatic nitrogens is 3. The highest BCUT2D eigenvalue weighted by atomic mass is 19.1. The molecule has 0 aliphatic rings. The van der Waals surface area contributed by atoms with Crippen LogP contribution in [-0.2, 0) is 13.1 Å². The number of hydrogen-bond donors (Lipinski definition) is 0. The topological polar surface area (TPSA) is 70.0 Å². The molecule has 3 aromatic rings. The molecule has 7 heteroatoms. The summed E-state index contributed by atoms with van der Waals surface area (Å²) >= 11 is 0. The Bertz CT molecular complexity index is 1030. The molecule has 2 heterocycles. The van der Waals surface area contributed by atoms with Gasteiger partial charge in [-0.3, -0.25) is 4.79 Å². The highest BCUT2D eigenvalue weighted by molar-refractivity contribution is 5.97. The summed E-state index contributed by atoms with van der Waals surface area (Å²) < 4.78 is 21.0. The second-order valence-corrected chi connectivity index (χ2v) is 5.94. The van der Waals surface area contributed by atoms with Gasteiger partial charge >= 0.3 is 5.76 Å². The predicted octanol–water partition coefficient (Wildman–Crippen LogP) is 3.13. The minimum Gasteiger partial charge on any atom is -0.388 e. The van der Waals surface area contributed by atoms with Crippen LogP contribution in [0.15, 0.2) is 52.2 Å². The minimum atomic E-state index is -0.738. The van der Waals surface area contributed by atoms with Crippen LogP contribution in [0.3, 0.4) is 0 Å². The van der Waals surface area contributed by atoms with E-state index in [0.717, 1.165) is 16.1 Å². The molecule has 134 valence electrons. The summed E-state index contributed by atoms with van der Waals surface area (Å²) in [7, 11) is 0. The van der Waals surface area contributed by atoms with Crippen molar-refractivity contribution in [2.24, 2.45) is 0 Å². The van der Waals surface area contributed by atoms with Gasteiger partial charge in [0.2, 0.25) is 5.89 Å². The summed E-state index contributed by atoms with van der Waals surface area (Å²) in [5.74, 6) is -1.34. The third kappa shape index (κ3) is 3.28. The summed E-state index contributed by atoms with van der Waals surface area (Å²) in [6.07, 6.45) is 1.76. The zero-order valence-electron chi connectivity index (χ0n) is 14.5. The fourth-order valence-electron chi connectivity index (χ4n) is 2.83. The van der Waals surface area contributed by atoms with Gasteiger partial charge in [-0.25, -0.2) is 9.18 Å². The van der Waals surface area contributed by atoms with Crippen LogP contribution in [-0.4, -0.2) is 20.1 Å². The summed E-state index contributed by atoms with van der Waals surface area (Å²) in [5.41, 5.74) is 2.73. The van der Waals surface area contributed by atoms with Crippen LogP contribution < -0.4 is 5.76 Å². The van der Waals surface area contributed by atoms with Crippen molar-refractivity contribution in [2.75, 3.05) is 0 Å². The van der Waals surface area contributed by atoms with Gasteiger partial charge < -0.3 is 8.98 Å². The number of hydrogen-bond acceptors (Lipinski definition) is 4. The molecule has 0 amide bonds. The monoisotopic (exact) mass is 355 g/mol. The molecule has 0 fully saturated rings. The molecule has 0 saturated heterocycles. The SMILES string of the molecule is C=CCn1c(C)cc(C(=O)Cn2nc(-c3ccc(F)cc3)oc2=O)c1C. The van der Waals surface area contributed by atoms with Crippen LogP contribution in [0.4, 0.5) is 4.39 Å². The number of benzene rings is 1. The van der Waals surface area contributed by atoms with Crippen molar-refractivity contribution in [3.63, 3.8) is 0 Å². The highest BCUT2D eigenvalue weighted by Crippen LogP contribution is 2.18. The number of carbonyl (C=O) groups excluding carboxylic acids is 1. The lowest BCUT2D eigenvalue weighted by molar-refractivity contribution is 0.0964. The molecular weight excluding hydrogens is 337 g/mol. The number of aryl methyl sites for hydroxylation is 1. The Morgan fingerprint density at radius 2 is 2.00 bits per heavy atom. The Morgan fingerprint density at radius 3 is 2.65 bits per heavy atom. The molecule has 0 bridgehead atoms. The third-order valence-corrected chi connectivity index (χ3v) is 4.18. The van der Waals surface area contributed by atoms with E-state index in [4.69, 9.17) is 4.42 Å². The fourth-order valence-corrected chi connectivity index (χ4v) is 2.83. The standard InChI is InChI=1S/C19H18FN3O3/c1-4-9-22-12(2)10-16(13(22)3)17(24)11-23-19(25)26-18(21-23)14-5-7-15(20)8-6-14/h4-8,10H,1,9,11H2,2-3H3. The van der Waals surface area contributed by atoms with E-state index in [1.54, 1.807) is 12.1 Å². The highest BCUT2D eigenvalue weighted by Gasteiger charge is 2.18. The first-order valence-electron chi connectivity index (χ1n) is 8.05. The van der Waals surface area contributed by atoms with E-state index in [9.17, 15) is 14.0 Å². The Balaban J connectivity index is 1.87. The number of rotatable bonds is 6. The van der Waals surface area contributed by atoms with E-state index >= 15 is 0 Å². The van der Waals surface area contributed by atoms with Crippen molar-refractivity contribution in [3.8, 4) is 11.5 Å². The van der Waals surface area contributed by atoms with Crippen LogP contribution in [0.25, 0.3) is 11.5 Å². The molecule has 0 N–H and O–H groups in total. The van der Waals surface area contributed by atoms with E-state index in [-0.39, 0.29) is 18.2 Å². The minimum absolute atomic E-state index is 0.0416. The van der Waals surface area contributed by atoms with E-state index in [1.807, 2.05) is 18.4 Å². The van der Waals surface area contributed by atoms with Crippen molar-refractivity contribution >= 4 is 5.78 Å². The van der Waals surface area contributed by atoms with Gasteiger partial charge in [-0.2, -0.15) is 4.68 Å². The number of halogens is 1. The van der Waals surface area contributed by atoms with Gasteiger partial charge in [-0.1, -0.05) is 6.08 Å². The first-order valence-corrected chi connectivity index (χ1v) is 8.05. The third-order valence-electron chi connectivity index (χ3n) is 4.18. The van der Waals surface area contributed by atoms with Crippen molar-refractivity contribution in [1.29, 1.82) is 0 Å². The van der Waals surface area contributed by atoms with Gasteiger partial charge in [0, 0.05) is 29.1 Å². The van der Waals surface area contributed by atoms with Crippen molar-refractivity contribution in [2.45, 2.75) is 26.9 Å². The molecule has 0 spiro atoms. The van der Waals surface area contributed by atoms with E-state index in [2.05, 4.69) is 11.7 Å². The van der Waals surface area contributed by atoms with Gasteiger partial charge in [-0.15, -0.1) is 11.7 Å². The average molecular weight is 355 g/mol. The average Bonchev–Trinajstić information content (AvgIpc) is 3.10. The molecule has 0 unspecified atom stereocenters. The van der Waals surface area contributed by atoms with Gasteiger partial charge in [0.05, 0.1) is 0 Å². The molecule has 2 aromatic heterocycles. The molecule has 0 aliphatic carbocycles. The Kier molecular flexibility index (Phi) is 4.71. The quantitative estimate of drug-likeness (QED) is 0.503. The number of Topliss-reactive ketones (excluding diaryl/α,β-unsaturated/α-hetero) is 1. The molecule has 6 nitrogen and oxygen atoms in total. The summed E-state index contributed by atoms with van der Waals surface area (Å²) in [6.45, 7) is 7.83.